The molecule has 0 saturated carbocycles. The number of anilines is 2. The monoisotopic (exact) mass is 393 g/mol. The molecule has 2 aromatic rings. The fraction of sp³-hybridized carbons (Fsp3) is 0.350. The Morgan fingerprint density at radius 3 is 2.25 bits per heavy atom. The van der Waals surface area contributed by atoms with E-state index in [9.17, 15) is 18.0 Å². The maximum Gasteiger partial charge on any atom is 0.416 e. The van der Waals surface area contributed by atoms with Crippen molar-refractivity contribution in [2.45, 2.75) is 13.1 Å². The summed E-state index contributed by atoms with van der Waals surface area (Å²) >= 11 is 0. The van der Waals surface area contributed by atoms with E-state index in [-0.39, 0.29) is 6.03 Å². The number of rotatable bonds is 3. The Bertz CT molecular complexity index is 830. The molecule has 1 saturated heterocycles. The Morgan fingerprint density at radius 1 is 1.04 bits per heavy atom. The number of piperazine rings is 1. The lowest BCUT2D eigenvalue weighted by Crippen LogP contribution is -2.50. The second-order valence-corrected chi connectivity index (χ2v) is 6.65. The second-order valence-electron chi connectivity index (χ2n) is 6.65. The number of alkyl halides is 3. The van der Waals surface area contributed by atoms with Crippen molar-refractivity contribution in [3.05, 3.63) is 53.6 Å². The summed E-state index contributed by atoms with van der Waals surface area (Å²) in [4.78, 5) is 16.2. The molecule has 0 aliphatic carbocycles. The van der Waals surface area contributed by atoms with Crippen molar-refractivity contribution in [2.75, 3.05) is 43.5 Å². The van der Waals surface area contributed by atoms with Crippen LogP contribution in [0.5, 0.6) is 5.75 Å². The zero-order valence-electron chi connectivity index (χ0n) is 15.7. The van der Waals surface area contributed by atoms with Crippen LogP contribution in [0.15, 0.2) is 42.5 Å². The molecule has 8 heteroatoms. The molecule has 1 N–H and O–H groups in total. The van der Waals surface area contributed by atoms with E-state index in [1.807, 2.05) is 24.0 Å². The molecule has 1 heterocycles. The molecule has 0 spiro atoms. The zero-order valence-corrected chi connectivity index (χ0v) is 15.7. The summed E-state index contributed by atoms with van der Waals surface area (Å²) in [6, 6.07) is 10.4. The summed E-state index contributed by atoms with van der Waals surface area (Å²) in [7, 11) is 1.54. The van der Waals surface area contributed by atoms with E-state index >= 15 is 0 Å². The lowest BCUT2D eigenvalue weighted by molar-refractivity contribution is -0.137. The largest absolute Gasteiger partial charge is 0.495 e. The first kappa shape index (κ1) is 19.9. The Kier molecular flexibility index (Phi) is 5.67. The smallest absolute Gasteiger partial charge is 0.416 e. The van der Waals surface area contributed by atoms with Crippen molar-refractivity contribution in [2.24, 2.45) is 0 Å². The summed E-state index contributed by atoms with van der Waals surface area (Å²) in [5, 5.41) is 2.87. The van der Waals surface area contributed by atoms with E-state index in [4.69, 9.17) is 4.74 Å². The number of amides is 2. The third-order valence-corrected chi connectivity index (χ3v) is 4.72. The number of ether oxygens (including phenoxy) is 1. The van der Waals surface area contributed by atoms with Crippen molar-refractivity contribution in [3.8, 4) is 5.75 Å². The molecule has 2 aromatic carbocycles. The average molecular weight is 393 g/mol. The number of hydrogen-bond donors (Lipinski definition) is 1. The van der Waals surface area contributed by atoms with Crippen LogP contribution in [0.4, 0.5) is 29.3 Å². The highest BCUT2D eigenvalue weighted by Gasteiger charge is 2.30. The van der Waals surface area contributed by atoms with Crippen molar-refractivity contribution in [3.63, 3.8) is 0 Å². The number of hydrogen-bond acceptors (Lipinski definition) is 3. The molecule has 0 aromatic heterocycles. The predicted octanol–water partition coefficient (Wildman–Crippen LogP) is 4.38. The van der Waals surface area contributed by atoms with E-state index in [0.29, 0.717) is 43.3 Å². The van der Waals surface area contributed by atoms with Gasteiger partial charge in [-0.2, -0.15) is 13.2 Å². The summed E-state index contributed by atoms with van der Waals surface area (Å²) < 4.78 is 43.3. The summed E-state index contributed by atoms with van der Waals surface area (Å²) in [5.74, 6) is 0.586. The number of carbonyl (C=O) groups is 1. The van der Waals surface area contributed by atoms with Crippen molar-refractivity contribution in [1.82, 2.24) is 4.90 Å². The average Bonchev–Trinajstić information content (AvgIpc) is 2.68. The Morgan fingerprint density at radius 2 is 1.68 bits per heavy atom. The quantitative estimate of drug-likeness (QED) is 0.842. The minimum absolute atomic E-state index is 0.226. The highest BCUT2D eigenvalue weighted by atomic mass is 19.4. The minimum atomic E-state index is -4.34. The molecule has 5 nitrogen and oxygen atoms in total. The number of nitrogens with zero attached hydrogens (tertiary/aromatic N) is 2. The van der Waals surface area contributed by atoms with Gasteiger partial charge in [-0.1, -0.05) is 6.07 Å². The Balaban J connectivity index is 1.59. The Labute approximate surface area is 161 Å². The molecule has 0 unspecified atom stereocenters. The number of aryl methyl sites for hydroxylation is 1. The minimum Gasteiger partial charge on any atom is -0.495 e. The van der Waals surface area contributed by atoms with Crippen LogP contribution in [0, 0.1) is 6.92 Å². The number of carbonyl (C=O) groups excluding carboxylic acids is 1. The van der Waals surface area contributed by atoms with Gasteiger partial charge in [0.1, 0.15) is 5.75 Å². The summed E-state index contributed by atoms with van der Waals surface area (Å²) in [6.07, 6.45) is -4.34. The molecule has 2 amide bonds. The van der Waals surface area contributed by atoms with E-state index in [1.54, 1.807) is 18.1 Å². The van der Waals surface area contributed by atoms with Crippen LogP contribution in [0.1, 0.15) is 11.1 Å². The second kappa shape index (κ2) is 8.00. The molecule has 0 radical (unpaired) electrons. The normalized spacial score (nSPS) is 14.8. The van der Waals surface area contributed by atoms with Gasteiger partial charge >= 0.3 is 12.2 Å². The van der Waals surface area contributed by atoms with Gasteiger partial charge in [0.25, 0.3) is 0 Å². The highest BCUT2D eigenvalue weighted by molar-refractivity contribution is 5.91. The van der Waals surface area contributed by atoms with Gasteiger partial charge in [0, 0.05) is 31.9 Å². The van der Waals surface area contributed by atoms with Gasteiger partial charge in [-0.15, -0.1) is 0 Å². The van der Waals surface area contributed by atoms with E-state index in [0.717, 1.165) is 17.7 Å². The summed E-state index contributed by atoms with van der Waals surface area (Å²) in [5.41, 5.74) is 1.66. The molecular weight excluding hydrogens is 371 g/mol. The molecule has 28 heavy (non-hydrogen) atoms. The molecule has 3 rings (SSSR count). The van der Waals surface area contributed by atoms with Crippen LogP contribution in [0.25, 0.3) is 0 Å². The third kappa shape index (κ3) is 4.49. The lowest BCUT2D eigenvalue weighted by Gasteiger charge is -2.36. The van der Waals surface area contributed by atoms with E-state index in [2.05, 4.69) is 5.32 Å². The van der Waals surface area contributed by atoms with Crippen LogP contribution in [0.2, 0.25) is 0 Å². The van der Waals surface area contributed by atoms with Crippen molar-refractivity contribution >= 4 is 17.4 Å². The first-order chi connectivity index (χ1) is 13.3. The standard InChI is InChI=1S/C20H22F3N3O2/c1-14-3-8-18(28-2)17(13-14)24-19(27)26-11-9-25(10-12-26)16-6-4-15(5-7-16)20(21,22)23/h3-8,13H,9-12H2,1-2H3,(H,24,27). The Hall–Kier alpha value is -2.90. The fourth-order valence-corrected chi connectivity index (χ4v) is 3.14. The number of methoxy groups -OCH3 is 1. The van der Waals surface area contributed by atoms with Crippen LogP contribution >= 0.6 is 0 Å². The van der Waals surface area contributed by atoms with Gasteiger partial charge < -0.3 is 19.9 Å². The fourth-order valence-electron chi connectivity index (χ4n) is 3.14. The zero-order chi connectivity index (χ0) is 20.3. The number of nitrogens with one attached hydrogen (secondary N) is 1. The van der Waals surface area contributed by atoms with E-state index < -0.39 is 11.7 Å². The van der Waals surface area contributed by atoms with Gasteiger partial charge in [0.05, 0.1) is 18.4 Å². The number of benzene rings is 2. The first-order valence-electron chi connectivity index (χ1n) is 8.90. The third-order valence-electron chi connectivity index (χ3n) is 4.72. The molecular formula is C20H22F3N3O2. The first-order valence-corrected chi connectivity index (χ1v) is 8.90. The van der Waals surface area contributed by atoms with Crippen molar-refractivity contribution < 1.29 is 22.7 Å². The predicted molar refractivity (Wildman–Crippen MR) is 102 cm³/mol. The highest BCUT2D eigenvalue weighted by Crippen LogP contribution is 2.31. The molecule has 0 bridgehead atoms. The number of halogens is 3. The van der Waals surface area contributed by atoms with Crippen LogP contribution in [-0.4, -0.2) is 44.2 Å². The maximum absolute atomic E-state index is 12.7. The topological polar surface area (TPSA) is 44.8 Å². The molecule has 1 fully saturated rings. The van der Waals surface area contributed by atoms with Gasteiger partial charge in [0.2, 0.25) is 0 Å². The lowest BCUT2D eigenvalue weighted by atomic mass is 10.1. The summed E-state index contributed by atoms with van der Waals surface area (Å²) in [6.45, 7) is 3.97. The number of urea groups is 1. The molecule has 1 aliphatic heterocycles. The SMILES string of the molecule is COc1ccc(C)cc1NC(=O)N1CCN(c2ccc(C(F)(F)F)cc2)CC1. The van der Waals surface area contributed by atoms with Crippen molar-refractivity contribution in [1.29, 1.82) is 0 Å². The van der Waals surface area contributed by atoms with Gasteiger partial charge in [-0.25, -0.2) is 4.79 Å². The van der Waals surface area contributed by atoms with Gasteiger partial charge in [-0.05, 0) is 48.9 Å². The molecule has 0 atom stereocenters. The van der Waals surface area contributed by atoms with E-state index in [1.165, 1.54) is 12.1 Å². The van der Waals surface area contributed by atoms with Gasteiger partial charge in [0.15, 0.2) is 0 Å². The maximum atomic E-state index is 12.7. The molecule has 150 valence electrons. The van der Waals surface area contributed by atoms with Crippen LogP contribution in [-0.2, 0) is 6.18 Å². The molecule has 1 aliphatic rings. The van der Waals surface area contributed by atoms with Crippen LogP contribution in [0.3, 0.4) is 0 Å². The van der Waals surface area contributed by atoms with Crippen LogP contribution < -0.4 is 15.0 Å². The van der Waals surface area contributed by atoms with Gasteiger partial charge in [-0.3, -0.25) is 0 Å².